The van der Waals surface area contributed by atoms with E-state index in [-0.39, 0.29) is 17.9 Å². The average molecular weight is 308 g/mol. The fraction of sp³-hybridized carbons (Fsp3) is 0.923. The highest BCUT2D eigenvalue weighted by Gasteiger charge is 2.19. The first-order chi connectivity index (χ1) is 8.19. The van der Waals surface area contributed by atoms with Gasteiger partial charge in [0.25, 0.3) is 0 Å². The molecule has 0 rings (SSSR count). The Kier molecular flexibility index (Phi) is 11.0. The highest BCUT2D eigenvalue weighted by atomic mass is 79.9. The third-order valence-electron chi connectivity index (χ3n) is 2.94. The molecule has 2 atom stereocenters. The van der Waals surface area contributed by atoms with Crippen molar-refractivity contribution >= 4 is 21.8 Å². The summed E-state index contributed by atoms with van der Waals surface area (Å²) in [7, 11) is 1.67. The summed E-state index contributed by atoms with van der Waals surface area (Å²) in [6.07, 6.45) is 5.09. The molecule has 0 aromatic heterocycles. The van der Waals surface area contributed by atoms with E-state index in [4.69, 9.17) is 4.74 Å². The molecule has 0 bridgehead atoms. The second-order valence-corrected chi connectivity index (χ2v) is 5.18. The van der Waals surface area contributed by atoms with Crippen molar-refractivity contribution in [3.8, 4) is 0 Å². The number of nitrogens with one attached hydrogen (secondary N) is 1. The van der Waals surface area contributed by atoms with Crippen LogP contribution in [0.2, 0.25) is 0 Å². The van der Waals surface area contributed by atoms with Crippen molar-refractivity contribution < 1.29 is 9.53 Å². The van der Waals surface area contributed by atoms with E-state index in [1.807, 2.05) is 0 Å². The summed E-state index contributed by atoms with van der Waals surface area (Å²) in [5, 5.41) is 3.97. The SMILES string of the molecule is CCCCC(CC)C(=O)NC(CCBr)COC. The molecule has 0 aliphatic carbocycles. The third-order valence-corrected chi connectivity index (χ3v) is 3.40. The Bertz CT molecular complexity index is 194. The Labute approximate surface area is 114 Å². The summed E-state index contributed by atoms with van der Waals surface area (Å²) >= 11 is 3.40. The van der Waals surface area contributed by atoms with Gasteiger partial charge in [-0.15, -0.1) is 0 Å². The van der Waals surface area contributed by atoms with E-state index in [9.17, 15) is 4.79 Å². The van der Waals surface area contributed by atoms with E-state index in [1.165, 1.54) is 0 Å². The van der Waals surface area contributed by atoms with Crippen LogP contribution in [-0.4, -0.2) is 31.0 Å². The number of ether oxygens (including phenoxy) is 1. The minimum Gasteiger partial charge on any atom is -0.383 e. The van der Waals surface area contributed by atoms with E-state index in [1.54, 1.807) is 7.11 Å². The Morgan fingerprint density at radius 2 is 2.06 bits per heavy atom. The predicted octanol–water partition coefficient (Wildman–Crippen LogP) is 3.12. The van der Waals surface area contributed by atoms with Gasteiger partial charge in [0.15, 0.2) is 0 Å². The van der Waals surface area contributed by atoms with Crippen molar-refractivity contribution in [2.45, 2.75) is 52.0 Å². The van der Waals surface area contributed by atoms with E-state index in [0.29, 0.717) is 6.61 Å². The molecular weight excluding hydrogens is 282 g/mol. The zero-order valence-corrected chi connectivity index (χ0v) is 12.9. The maximum absolute atomic E-state index is 12.1. The minimum atomic E-state index is 0.127. The maximum Gasteiger partial charge on any atom is 0.223 e. The molecule has 17 heavy (non-hydrogen) atoms. The van der Waals surface area contributed by atoms with Gasteiger partial charge < -0.3 is 10.1 Å². The number of carbonyl (C=O) groups excluding carboxylic acids is 1. The van der Waals surface area contributed by atoms with Crippen LogP contribution in [0, 0.1) is 5.92 Å². The van der Waals surface area contributed by atoms with Crippen LogP contribution in [0.15, 0.2) is 0 Å². The molecule has 0 spiro atoms. The number of hydrogen-bond acceptors (Lipinski definition) is 2. The Hall–Kier alpha value is -0.0900. The second kappa shape index (κ2) is 11.0. The summed E-state index contributed by atoms with van der Waals surface area (Å²) < 4.78 is 5.12. The van der Waals surface area contributed by atoms with Crippen LogP contribution in [0.5, 0.6) is 0 Å². The monoisotopic (exact) mass is 307 g/mol. The van der Waals surface area contributed by atoms with Crippen LogP contribution in [0.25, 0.3) is 0 Å². The Morgan fingerprint density at radius 3 is 2.53 bits per heavy atom. The lowest BCUT2D eigenvalue weighted by Gasteiger charge is -2.21. The first-order valence-electron chi connectivity index (χ1n) is 6.54. The molecule has 0 saturated heterocycles. The minimum absolute atomic E-state index is 0.127. The third kappa shape index (κ3) is 7.77. The molecule has 0 saturated carbocycles. The molecule has 0 heterocycles. The molecule has 0 aromatic rings. The number of amides is 1. The summed E-state index contributed by atoms with van der Waals surface area (Å²) in [6, 6.07) is 0.127. The standard InChI is InChI=1S/C13H26BrNO2/c1-4-6-7-11(5-2)13(16)15-12(8-9-14)10-17-3/h11-12H,4-10H2,1-3H3,(H,15,16). The summed E-state index contributed by atoms with van der Waals surface area (Å²) in [4.78, 5) is 12.1. The van der Waals surface area contributed by atoms with Gasteiger partial charge in [-0.1, -0.05) is 42.6 Å². The predicted molar refractivity (Wildman–Crippen MR) is 75.5 cm³/mol. The largest absolute Gasteiger partial charge is 0.383 e. The zero-order chi connectivity index (χ0) is 13.1. The van der Waals surface area contributed by atoms with Gasteiger partial charge in [-0.05, 0) is 19.3 Å². The molecule has 0 aromatic carbocycles. The zero-order valence-electron chi connectivity index (χ0n) is 11.3. The van der Waals surface area contributed by atoms with E-state index < -0.39 is 0 Å². The summed E-state index contributed by atoms with van der Waals surface area (Å²) in [5.41, 5.74) is 0. The summed E-state index contributed by atoms with van der Waals surface area (Å²) in [5.74, 6) is 0.341. The molecule has 0 aliphatic rings. The fourth-order valence-corrected chi connectivity index (χ4v) is 2.37. The maximum atomic E-state index is 12.1. The Morgan fingerprint density at radius 1 is 1.35 bits per heavy atom. The van der Waals surface area contributed by atoms with Crippen LogP contribution in [0.4, 0.5) is 0 Å². The number of rotatable bonds is 10. The first-order valence-corrected chi connectivity index (χ1v) is 7.66. The van der Waals surface area contributed by atoms with E-state index in [0.717, 1.165) is 37.4 Å². The van der Waals surface area contributed by atoms with Gasteiger partial charge in [-0.3, -0.25) is 4.79 Å². The number of halogens is 1. The van der Waals surface area contributed by atoms with Gasteiger partial charge in [-0.2, -0.15) is 0 Å². The van der Waals surface area contributed by atoms with Crippen molar-refractivity contribution in [3.63, 3.8) is 0 Å². The van der Waals surface area contributed by atoms with Crippen LogP contribution >= 0.6 is 15.9 Å². The van der Waals surface area contributed by atoms with Gasteiger partial charge in [0.2, 0.25) is 5.91 Å². The molecule has 102 valence electrons. The highest BCUT2D eigenvalue weighted by molar-refractivity contribution is 9.09. The molecule has 4 heteroatoms. The van der Waals surface area contributed by atoms with Gasteiger partial charge in [0.05, 0.1) is 12.6 Å². The van der Waals surface area contributed by atoms with E-state index in [2.05, 4.69) is 35.1 Å². The number of hydrogen-bond donors (Lipinski definition) is 1. The first kappa shape index (κ1) is 16.9. The van der Waals surface area contributed by atoms with Crippen LogP contribution < -0.4 is 5.32 Å². The number of unbranched alkanes of at least 4 members (excludes halogenated alkanes) is 1. The van der Waals surface area contributed by atoms with E-state index >= 15 is 0 Å². The van der Waals surface area contributed by atoms with Crippen LogP contribution in [0.1, 0.15) is 46.0 Å². The lowest BCUT2D eigenvalue weighted by molar-refractivity contribution is -0.126. The van der Waals surface area contributed by atoms with Gasteiger partial charge in [0, 0.05) is 18.4 Å². The topological polar surface area (TPSA) is 38.3 Å². The Balaban J connectivity index is 4.14. The quantitative estimate of drug-likeness (QED) is 0.630. The molecule has 0 aliphatic heterocycles. The van der Waals surface area contributed by atoms with Crippen molar-refractivity contribution in [1.82, 2.24) is 5.32 Å². The molecule has 3 nitrogen and oxygen atoms in total. The number of carbonyl (C=O) groups is 1. The van der Waals surface area contributed by atoms with Crippen LogP contribution in [0.3, 0.4) is 0 Å². The molecule has 0 radical (unpaired) electrons. The fourth-order valence-electron chi connectivity index (χ4n) is 1.82. The van der Waals surface area contributed by atoms with Crippen molar-refractivity contribution in [2.75, 3.05) is 19.0 Å². The van der Waals surface area contributed by atoms with Gasteiger partial charge in [-0.25, -0.2) is 0 Å². The molecule has 2 unspecified atom stereocenters. The number of methoxy groups -OCH3 is 1. The van der Waals surface area contributed by atoms with Crippen molar-refractivity contribution in [3.05, 3.63) is 0 Å². The lowest BCUT2D eigenvalue weighted by Crippen LogP contribution is -2.41. The molecule has 1 N–H and O–H groups in total. The van der Waals surface area contributed by atoms with Gasteiger partial charge >= 0.3 is 0 Å². The average Bonchev–Trinajstić information content (AvgIpc) is 2.30. The molecule has 1 amide bonds. The lowest BCUT2D eigenvalue weighted by atomic mass is 9.98. The highest BCUT2D eigenvalue weighted by Crippen LogP contribution is 2.13. The summed E-state index contributed by atoms with van der Waals surface area (Å²) in [6.45, 7) is 4.82. The van der Waals surface area contributed by atoms with Gasteiger partial charge in [0.1, 0.15) is 0 Å². The van der Waals surface area contributed by atoms with Crippen molar-refractivity contribution in [2.24, 2.45) is 5.92 Å². The normalized spacial score (nSPS) is 14.4. The van der Waals surface area contributed by atoms with Crippen molar-refractivity contribution in [1.29, 1.82) is 0 Å². The molecular formula is C13H26BrNO2. The second-order valence-electron chi connectivity index (χ2n) is 4.39. The number of alkyl halides is 1. The smallest absolute Gasteiger partial charge is 0.223 e. The molecule has 0 fully saturated rings. The van der Waals surface area contributed by atoms with Crippen LogP contribution in [-0.2, 0) is 9.53 Å².